The average Bonchev–Trinajstić information content (AvgIpc) is 3.15. The van der Waals surface area contributed by atoms with E-state index in [4.69, 9.17) is 18.9 Å². The smallest absolute Gasteiger partial charge is 0.329 e. The van der Waals surface area contributed by atoms with Gasteiger partial charge in [-0.05, 0) is 106 Å². The van der Waals surface area contributed by atoms with Crippen molar-refractivity contribution in [2.45, 2.75) is 168 Å². The minimum Gasteiger partial charge on any atom is -0.456 e. The van der Waals surface area contributed by atoms with Gasteiger partial charge in [-0.3, -0.25) is 14.4 Å². The van der Waals surface area contributed by atoms with Crippen LogP contribution in [0.5, 0.6) is 0 Å². The molecule has 14 atom stereocenters. The van der Waals surface area contributed by atoms with Crippen molar-refractivity contribution in [2.24, 2.45) is 35.5 Å². The first kappa shape index (κ1) is 45.2. The third-order valence-electron chi connectivity index (χ3n) is 12.9. The quantitative estimate of drug-likeness (QED) is 0.193. The van der Waals surface area contributed by atoms with Gasteiger partial charge in [0.1, 0.15) is 12.1 Å². The summed E-state index contributed by atoms with van der Waals surface area (Å²) in [6, 6.07) is -1.11. The number of aliphatic hydroxyl groups excluding tert-OH is 2. The molecule has 0 aromatic heterocycles. The topological polar surface area (TPSA) is 169 Å². The number of aliphatic hydroxyl groups is 3. The number of amides is 1. The summed E-state index contributed by atoms with van der Waals surface area (Å²) in [4.78, 5) is 57.5. The van der Waals surface area contributed by atoms with Crippen molar-refractivity contribution >= 4 is 23.4 Å². The maximum Gasteiger partial charge on any atom is 0.329 e. The maximum atomic E-state index is 14.3. The van der Waals surface area contributed by atoms with E-state index in [1.165, 1.54) is 4.90 Å². The molecule has 3 fully saturated rings. The number of hydrogen-bond acceptors (Lipinski definition) is 11. The van der Waals surface area contributed by atoms with Crippen molar-refractivity contribution in [1.82, 2.24) is 4.90 Å². The van der Waals surface area contributed by atoms with E-state index in [1.54, 1.807) is 28.1 Å². The number of methoxy groups -OCH3 is 2. The van der Waals surface area contributed by atoms with E-state index in [9.17, 15) is 34.5 Å². The molecule has 1 aliphatic carbocycles. The summed E-state index contributed by atoms with van der Waals surface area (Å²) in [5.41, 5.74) is 1.30. The van der Waals surface area contributed by atoms with Gasteiger partial charge in [0.05, 0.1) is 30.5 Å². The van der Waals surface area contributed by atoms with Gasteiger partial charge in [-0.15, -0.1) is 0 Å². The molecule has 3 aliphatic heterocycles. The molecule has 12 nitrogen and oxygen atoms in total. The Hall–Kier alpha value is -2.48. The standard InChI is InChI=1S/C43H69NO11/c1-10-31-18-24(2)17-25(3)19-37(53-9)39-26(4)20-28(6)43(51,55-39)40(48)41(49)44-16-12-11-13-32(44)42(50)54-38(29(7)34(46)23-35(31)47)27(5)21-30-14-15-33(45)36(22-30)52-8/h18,21,24-26,28-30,32-34,36-39,45-46,51H,10-17,19-20,22-23H2,1-9H3/t24?,25-,26-,28+,29+,30-,32?,33?,34?,36?,37?,38?,39?,43?/m0/s1. The van der Waals surface area contributed by atoms with Crippen LogP contribution < -0.4 is 0 Å². The van der Waals surface area contributed by atoms with Crippen molar-refractivity contribution < 1.29 is 53.4 Å². The normalized spacial score (nSPS) is 41.2. The van der Waals surface area contributed by atoms with E-state index in [1.807, 2.05) is 32.9 Å². The molecule has 2 saturated heterocycles. The molecule has 1 amide bonds. The Morgan fingerprint density at radius 2 is 1.62 bits per heavy atom. The van der Waals surface area contributed by atoms with Gasteiger partial charge in [-0.2, -0.15) is 0 Å². The first-order chi connectivity index (χ1) is 25.9. The highest BCUT2D eigenvalue weighted by molar-refractivity contribution is 6.39. The number of esters is 1. The van der Waals surface area contributed by atoms with Crippen LogP contribution in [0.25, 0.3) is 0 Å². The lowest BCUT2D eigenvalue weighted by atomic mass is 9.78. The number of allylic oxidation sites excluding steroid dienone is 3. The molecule has 9 unspecified atom stereocenters. The molecule has 3 N–H and O–H groups in total. The second-order valence-electron chi connectivity index (χ2n) is 17.3. The number of fused-ring (bicyclic) bond motifs is 3. The number of carbonyl (C=O) groups is 4. The summed E-state index contributed by atoms with van der Waals surface area (Å²) in [5.74, 6) is -6.77. The van der Waals surface area contributed by atoms with Gasteiger partial charge in [0.25, 0.3) is 11.7 Å². The highest BCUT2D eigenvalue weighted by Crippen LogP contribution is 2.41. The number of ketones is 2. The van der Waals surface area contributed by atoms with Crippen molar-refractivity contribution in [1.29, 1.82) is 0 Å². The van der Waals surface area contributed by atoms with Crippen LogP contribution >= 0.6 is 0 Å². The third kappa shape index (κ3) is 10.7. The van der Waals surface area contributed by atoms with Crippen LogP contribution in [-0.2, 0) is 38.1 Å². The molecule has 4 aliphatic rings. The van der Waals surface area contributed by atoms with E-state index in [2.05, 4.69) is 13.8 Å². The predicted molar refractivity (Wildman–Crippen MR) is 206 cm³/mol. The molecule has 0 aromatic carbocycles. The lowest BCUT2D eigenvalue weighted by Gasteiger charge is -2.46. The number of nitrogens with zero attached hydrogens (tertiary/aromatic N) is 1. The number of carbonyl (C=O) groups excluding carboxylic acids is 4. The first-order valence-corrected chi connectivity index (χ1v) is 20.7. The minimum absolute atomic E-state index is 0.00882. The van der Waals surface area contributed by atoms with Crippen LogP contribution in [0.2, 0.25) is 0 Å². The van der Waals surface area contributed by atoms with Crippen molar-refractivity contribution in [3.8, 4) is 0 Å². The molecule has 2 bridgehead atoms. The van der Waals surface area contributed by atoms with Crippen molar-refractivity contribution in [3.05, 3.63) is 23.3 Å². The van der Waals surface area contributed by atoms with E-state index >= 15 is 0 Å². The van der Waals surface area contributed by atoms with E-state index in [-0.39, 0.29) is 54.9 Å². The molecule has 0 radical (unpaired) electrons. The number of cyclic esters (lactones) is 1. The Kier molecular flexibility index (Phi) is 16.3. The fourth-order valence-corrected chi connectivity index (χ4v) is 9.57. The fraction of sp³-hybridized carbons (Fsp3) is 0.814. The third-order valence-corrected chi connectivity index (χ3v) is 12.9. The first-order valence-electron chi connectivity index (χ1n) is 20.7. The van der Waals surface area contributed by atoms with Crippen LogP contribution in [0.1, 0.15) is 119 Å². The highest BCUT2D eigenvalue weighted by Gasteiger charge is 2.55. The van der Waals surface area contributed by atoms with Crippen LogP contribution in [0, 0.1) is 35.5 Å². The Balaban J connectivity index is 1.75. The van der Waals surface area contributed by atoms with E-state index in [0.717, 1.165) is 6.42 Å². The largest absolute Gasteiger partial charge is 0.456 e. The van der Waals surface area contributed by atoms with Crippen LogP contribution in [0.4, 0.5) is 0 Å². The molecule has 3 heterocycles. The molecule has 0 aromatic rings. The lowest BCUT2D eigenvalue weighted by Crippen LogP contribution is -2.63. The summed E-state index contributed by atoms with van der Waals surface area (Å²) in [6.07, 6.45) is 5.05. The van der Waals surface area contributed by atoms with Gasteiger partial charge >= 0.3 is 5.97 Å². The maximum absolute atomic E-state index is 14.3. The van der Waals surface area contributed by atoms with Crippen LogP contribution in [0.3, 0.4) is 0 Å². The number of piperidine rings is 1. The lowest BCUT2D eigenvalue weighted by molar-refractivity contribution is -0.290. The van der Waals surface area contributed by atoms with Crippen molar-refractivity contribution in [2.75, 3.05) is 20.8 Å². The van der Waals surface area contributed by atoms with Gasteiger partial charge in [0.15, 0.2) is 5.78 Å². The summed E-state index contributed by atoms with van der Waals surface area (Å²) in [7, 11) is 3.14. The van der Waals surface area contributed by atoms with E-state index in [0.29, 0.717) is 62.5 Å². The molecule has 1 saturated carbocycles. The van der Waals surface area contributed by atoms with Crippen molar-refractivity contribution in [3.63, 3.8) is 0 Å². The van der Waals surface area contributed by atoms with Gasteiger partial charge < -0.3 is 39.2 Å². The van der Waals surface area contributed by atoms with Gasteiger partial charge in [-0.25, -0.2) is 4.79 Å². The number of hydrogen-bond donors (Lipinski definition) is 3. The van der Waals surface area contributed by atoms with Crippen LogP contribution in [0.15, 0.2) is 23.3 Å². The van der Waals surface area contributed by atoms with Gasteiger partial charge in [0, 0.05) is 39.0 Å². The minimum atomic E-state index is -2.42. The zero-order valence-electron chi connectivity index (χ0n) is 34.7. The Bertz CT molecular complexity index is 1410. The summed E-state index contributed by atoms with van der Waals surface area (Å²) in [5, 5.41) is 34.0. The van der Waals surface area contributed by atoms with Crippen LogP contribution in [-0.4, -0.2) is 113 Å². The Morgan fingerprint density at radius 1 is 0.927 bits per heavy atom. The number of Topliss-reactive ketones (excluding diaryl/α,β-unsaturated/α-hetero) is 2. The van der Waals surface area contributed by atoms with Gasteiger partial charge in [-0.1, -0.05) is 53.7 Å². The van der Waals surface area contributed by atoms with Gasteiger partial charge in [0.2, 0.25) is 5.79 Å². The summed E-state index contributed by atoms with van der Waals surface area (Å²) < 4.78 is 24.0. The second kappa shape index (κ2) is 19.8. The number of ether oxygens (including phenoxy) is 4. The molecule has 312 valence electrons. The zero-order chi connectivity index (χ0) is 40.8. The second-order valence-corrected chi connectivity index (χ2v) is 17.3. The SMILES string of the molecule is CCC1=CC(C)C[C@H](C)CC(OC)C2OC(O)(C(=O)C(=O)N3CCCCC3C(=O)OC(C(C)=C[C@@H]3CCC(O)C(OC)C3)[C@H](C)C(O)CC1=O)[C@H](C)C[C@@H]2C. The zero-order valence-corrected chi connectivity index (χ0v) is 34.7. The molecule has 4 rings (SSSR count). The molecular weight excluding hydrogens is 706 g/mol. The molecule has 12 heteroatoms. The molecular formula is C43H69NO11. The highest BCUT2D eigenvalue weighted by atomic mass is 16.7. The summed E-state index contributed by atoms with van der Waals surface area (Å²) in [6.45, 7) is 13.4. The average molecular weight is 776 g/mol. The Morgan fingerprint density at radius 3 is 2.27 bits per heavy atom. The van der Waals surface area contributed by atoms with E-state index < -0.39 is 71.8 Å². The molecule has 55 heavy (non-hydrogen) atoms. The predicted octanol–water partition coefficient (Wildman–Crippen LogP) is 5.09. The fourth-order valence-electron chi connectivity index (χ4n) is 9.57. The molecule has 0 spiro atoms. The monoisotopic (exact) mass is 775 g/mol. The number of rotatable bonds is 5. The summed E-state index contributed by atoms with van der Waals surface area (Å²) >= 11 is 0. The Labute approximate surface area is 328 Å².